The minimum absolute atomic E-state index is 0.323. The Labute approximate surface area is 121 Å². The van der Waals surface area contributed by atoms with Crippen molar-refractivity contribution in [1.29, 1.82) is 0 Å². The molecule has 0 aromatic heterocycles. The zero-order valence-electron chi connectivity index (χ0n) is 12.2. The summed E-state index contributed by atoms with van der Waals surface area (Å²) in [5, 5.41) is 0. The van der Waals surface area contributed by atoms with Crippen LogP contribution in [0.1, 0.15) is 38.2 Å². The quantitative estimate of drug-likeness (QED) is 0.894. The molecule has 0 bridgehead atoms. The van der Waals surface area contributed by atoms with Crippen molar-refractivity contribution in [2.75, 3.05) is 6.54 Å². The van der Waals surface area contributed by atoms with Gasteiger partial charge in [0.15, 0.2) is 0 Å². The van der Waals surface area contributed by atoms with E-state index < -0.39 is 15.6 Å². The van der Waals surface area contributed by atoms with E-state index in [1.165, 1.54) is 0 Å². The predicted molar refractivity (Wildman–Crippen MR) is 80.9 cm³/mol. The van der Waals surface area contributed by atoms with E-state index in [0.29, 0.717) is 17.4 Å². The average molecular weight is 296 g/mol. The molecule has 1 fully saturated rings. The number of aryl methyl sites for hydroxylation is 1. The molecule has 4 nitrogen and oxygen atoms in total. The topological polar surface area (TPSA) is 72.2 Å². The van der Waals surface area contributed by atoms with Gasteiger partial charge in [-0.1, -0.05) is 19.1 Å². The van der Waals surface area contributed by atoms with Crippen LogP contribution in [0.2, 0.25) is 0 Å². The molecule has 1 aromatic rings. The van der Waals surface area contributed by atoms with Gasteiger partial charge < -0.3 is 5.73 Å². The molecule has 1 aromatic carbocycles. The molecule has 112 valence electrons. The van der Waals surface area contributed by atoms with Gasteiger partial charge in [-0.2, -0.15) is 0 Å². The van der Waals surface area contributed by atoms with E-state index in [-0.39, 0.29) is 0 Å². The van der Waals surface area contributed by atoms with Gasteiger partial charge in [-0.15, -0.1) is 0 Å². The maximum absolute atomic E-state index is 12.5. The summed E-state index contributed by atoms with van der Waals surface area (Å²) >= 11 is 0. The van der Waals surface area contributed by atoms with Crippen molar-refractivity contribution >= 4 is 10.0 Å². The van der Waals surface area contributed by atoms with Crippen molar-refractivity contribution in [3.63, 3.8) is 0 Å². The van der Waals surface area contributed by atoms with Crippen LogP contribution in [-0.2, 0) is 10.0 Å². The van der Waals surface area contributed by atoms with E-state index in [1.54, 1.807) is 18.2 Å². The standard InChI is InChI=1S/C15H24N2O2S/c1-12-6-8-15(11-16,9-7-12)17-20(18,19)14-5-3-4-13(2)10-14/h3-5,10,12,17H,6-9,11,16H2,1-2H3. The van der Waals surface area contributed by atoms with Gasteiger partial charge in [-0.25, -0.2) is 13.1 Å². The van der Waals surface area contributed by atoms with Crippen molar-refractivity contribution in [2.24, 2.45) is 11.7 Å². The zero-order chi connectivity index (χ0) is 14.8. The molecule has 0 radical (unpaired) electrons. The zero-order valence-corrected chi connectivity index (χ0v) is 13.0. The van der Waals surface area contributed by atoms with E-state index in [4.69, 9.17) is 5.73 Å². The molecule has 3 N–H and O–H groups in total. The van der Waals surface area contributed by atoms with Gasteiger partial charge in [0, 0.05) is 12.1 Å². The second-order valence-electron chi connectivity index (χ2n) is 6.09. The van der Waals surface area contributed by atoms with Crippen LogP contribution >= 0.6 is 0 Å². The lowest BCUT2D eigenvalue weighted by molar-refractivity contribution is 0.231. The van der Waals surface area contributed by atoms with Crippen LogP contribution in [0.3, 0.4) is 0 Å². The Hall–Kier alpha value is -0.910. The Morgan fingerprint density at radius 1 is 1.35 bits per heavy atom. The summed E-state index contributed by atoms with van der Waals surface area (Å²) in [5.74, 6) is 0.651. The normalized spacial score (nSPS) is 27.4. The Morgan fingerprint density at radius 3 is 2.55 bits per heavy atom. The van der Waals surface area contributed by atoms with Gasteiger partial charge in [0.2, 0.25) is 10.0 Å². The second kappa shape index (κ2) is 5.84. The number of nitrogens with two attached hydrogens (primary N) is 1. The van der Waals surface area contributed by atoms with Gasteiger partial charge in [-0.3, -0.25) is 0 Å². The molecule has 20 heavy (non-hydrogen) atoms. The van der Waals surface area contributed by atoms with Crippen molar-refractivity contribution in [3.8, 4) is 0 Å². The van der Waals surface area contributed by atoms with Crippen LogP contribution in [0.5, 0.6) is 0 Å². The number of hydrogen-bond donors (Lipinski definition) is 2. The van der Waals surface area contributed by atoms with E-state index in [1.807, 2.05) is 13.0 Å². The second-order valence-corrected chi connectivity index (χ2v) is 7.77. The molecule has 5 heteroatoms. The summed E-state index contributed by atoms with van der Waals surface area (Å²) in [5.41, 5.74) is 6.33. The minimum Gasteiger partial charge on any atom is -0.329 e. The maximum atomic E-state index is 12.5. The molecule has 0 atom stereocenters. The van der Waals surface area contributed by atoms with Crippen LogP contribution in [0.15, 0.2) is 29.2 Å². The number of hydrogen-bond acceptors (Lipinski definition) is 3. The number of benzene rings is 1. The van der Waals surface area contributed by atoms with Crippen LogP contribution in [0.4, 0.5) is 0 Å². The van der Waals surface area contributed by atoms with Gasteiger partial charge in [0.05, 0.1) is 4.90 Å². The molecule has 0 heterocycles. The van der Waals surface area contributed by atoms with Crippen molar-refractivity contribution in [2.45, 2.75) is 50.0 Å². The third-order valence-electron chi connectivity index (χ3n) is 4.27. The lowest BCUT2D eigenvalue weighted by Crippen LogP contribution is -2.55. The summed E-state index contributed by atoms with van der Waals surface area (Å²) < 4.78 is 27.9. The molecule has 0 saturated heterocycles. The Kier molecular flexibility index (Phi) is 4.52. The van der Waals surface area contributed by atoms with Crippen LogP contribution < -0.4 is 10.5 Å². The van der Waals surface area contributed by atoms with Crippen molar-refractivity contribution in [1.82, 2.24) is 4.72 Å². The minimum atomic E-state index is -3.50. The predicted octanol–water partition coefficient (Wildman–Crippen LogP) is 2.18. The lowest BCUT2D eigenvalue weighted by atomic mass is 9.78. The van der Waals surface area contributed by atoms with Crippen molar-refractivity contribution in [3.05, 3.63) is 29.8 Å². The van der Waals surface area contributed by atoms with E-state index in [0.717, 1.165) is 31.2 Å². The first-order valence-corrected chi connectivity index (χ1v) is 8.66. The highest BCUT2D eigenvalue weighted by Crippen LogP contribution is 2.32. The van der Waals surface area contributed by atoms with Gasteiger partial charge in [0.25, 0.3) is 0 Å². The molecule has 0 unspecified atom stereocenters. The molecular formula is C15H24N2O2S. The monoisotopic (exact) mass is 296 g/mol. The highest BCUT2D eigenvalue weighted by atomic mass is 32.2. The van der Waals surface area contributed by atoms with Crippen LogP contribution in [0.25, 0.3) is 0 Å². The van der Waals surface area contributed by atoms with E-state index in [9.17, 15) is 8.42 Å². The van der Waals surface area contributed by atoms with Crippen molar-refractivity contribution < 1.29 is 8.42 Å². The average Bonchev–Trinajstić information content (AvgIpc) is 2.41. The number of sulfonamides is 1. The number of rotatable bonds is 4. The fourth-order valence-corrected chi connectivity index (χ4v) is 4.36. The fourth-order valence-electron chi connectivity index (χ4n) is 2.79. The van der Waals surface area contributed by atoms with Gasteiger partial charge in [-0.05, 0) is 56.2 Å². The fraction of sp³-hybridized carbons (Fsp3) is 0.600. The molecule has 0 amide bonds. The van der Waals surface area contributed by atoms with Gasteiger partial charge >= 0.3 is 0 Å². The third-order valence-corrected chi connectivity index (χ3v) is 5.85. The molecular weight excluding hydrogens is 272 g/mol. The summed E-state index contributed by atoms with van der Waals surface area (Å²) in [6.45, 7) is 4.44. The third kappa shape index (κ3) is 3.40. The number of nitrogens with one attached hydrogen (secondary N) is 1. The summed E-state index contributed by atoms with van der Waals surface area (Å²) in [6, 6.07) is 6.98. The molecule has 0 spiro atoms. The lowest BCUT2D eigenvalue weighted by Gasteiger charge is -2.38. The Morgan fingerprint density at radius 2 is 2.00 bits per heavy atom. The van der Waals surface area contributed by atoms with Crippen LogP contribution in [-0.4, -0.2) is 20.5 Å². The largest absolute Gasteiger partial charge is 0.329 e. The summed E-state index contributed by atoms with van der Waals surface area (Å²) in [7, 11) is -3.50. The van der Waals surface area contributed by atoms with Crippen LogP contribution in [0, 0.1) is 12.8 Å². The summed E-state index contributed by atoms with van der Waals surface area (Å²) in [4.78, 5) is 0.323. The molecule has 1 saturated carbocycles. The Bertz CT molecular complexity index is 561. The Balaban J connectivity index is 2.22. The van der Waals surface area contributed by atoms with E-state index in [2.05, 4.69) is 11.6 Å². The van der Waals surface area contributed by atoms with Gasteiger partial charge in [0.1, 0.15) is 0 Å². The first-order chi connectivity index (χ1) is 9.37. The molecule has 0 aliphatic heterocycles. The SMILES string of the molecule is Cc1cccc(S(=O)(=O)NC2(CN)CCC(C)CC2)c1. The highest BCUT2D eigenvalue weighted by molar-refractivity contribution is 7.89. The van der Waals surface area contributed by atoms with E-state index >= 15 is 0 Å². The smallest absolute Gasteiger partial charge is 0.241 e. The molecule has 1 aliphatic rings. The first-order valence-electron chi connectivity index (χ1n) is 7.18. The maximum Gasteiger partial charge on any atom is 0.241 e. The molecule has 2 rings (SSSR count). The summed E-state index contributed by atoms with van der Waals surface area (Å²) in [6.07, 6.45) is 3.67. The molecule has 1 aliphatic carbocycles. The highest BCUT2D eigenvalue weighted by Gasteiger charge is 2.36. The first kappa shape index (κ1) is 15.5.